The number of alkyl halides is 3. The first kappa shape index (κ1) is 18.3. The quantitative estimate of drug-likeness (QED) is 0.641. The molecule has 0 saturated carbocycles. The highest BCUT2D eigenvalue weighted by Gasteiger charge is 2.32. The van der Waals surface area contributed by atoms with Crippen LogP contribution in [0.1, 0.15) is 11.1 Å². The molecule has 0 spiro atoms. The zero-order chi connectivity index (χ0) is 18.3. The van der Waals surface area contributed by atoms with Crippen LogP contribution in [-0.4, -0.2) is 25.8 Å². The van der Waals surface area contributed by atoms with Crippen LogP contribution in [0, 0.1) is 0 Å². The first-order valence-electron chi connectivity index (χ1n) is 7.15. The van der Waals surface area contributed by atoms with Crippen LogP contribution < -0.4 is 14.9 Å². The van der Waals surface area contributed by atoms with E-state index in [-0.39, 0.29) is 12.2 Å². The molecule has 0 saturated heterocycles. The Morgan fingerprint density at radius 2 is 1.76 bits per heavy atom. The van der Waals surface area contributed by atoms with Crippen LogP contribution in [0.15, 0.2) is 53.6 Å². The smallest absolute Gasteiger partial charge is 0.417 e. The molecule has 2 aromatic rings. The van der Waals surface area contributed by atoms with E-state index in [1.165, 1.54) is 25.3 Å². The molecular formula is C17H15F3N2O3. The van der Waals surface area contributed by atoms with E-state index >= 15 is 0 Å². The van der Waals surface area contributed by atoms with Gasteiger partial charge in [0, 0.05) is 5.56 Å². The predicted molar refractivity (Wildman–Crippen MR) is 85.7 cm³/mol. The molecule has 1 amide bonds. The molecule has 0 heterocycles. The van der Waals surface area contributed by atoms with Gasteiger partial charge in [0.15, 0.2) is 6.61 Å². The van der Waals surface area contributed by atoms with Crippen LogP contribution in [0.5, 0.6) is 11.5 Å². The summed E-state index contributed by atoms with van der Waals surface area (Å²) in [6.45, 7) is -0.329. The molecule has 25 heavy (non-hydrogen) atoms. The normalized spacial score (nSPS) is 11.4. The molecule has 0 aliphatic heterocycles. The lowest BCUT2D eigenvalue weighted by Gasteiger charge is -2.09. The number of ether oxygens (including phenoxy) is 2. The van der Waals surface area contributed by atoms with E-state index in [9.17, 15) is 18.0 Å². The predicted octanol–water partition coefficient (Wildman–Crippen LogP) is 3.24. The Labute approximate surface area is 142 Å². The summed E-state index contributed by atoms with van der Waals surface area (Å²) in [5.74, 6) is 0.489. The highest BCUT2D eigenvalue weighted by atomic mass is 19.4. The Bertz CT molecular complexity index is 744. The van der Waals surface area contributed by atoms with Gasteiger partial charge in [0.25, 0.3) is 5.91 Å². The maximum Gasteiger partial charge on any atom is 0.417 e. The van der Waals surface area contributed by atoms with Crippen LogP contribution in [0.25, 0.3) is 0 Å². The number of benzene rings is 2. The Morgan fingerprint density at radius 3 is 2.40 bits per heavy atom. The molecular weight excluding hydrogens is 337 g/mol. The van der Waals surface area contributed by atoms with Crippen molar-refractivity contribution in [1.82, 2.24) is 5.43 Å². The number of hydrogen-bond donors (Lipinski definition) is 1. The second-order valence-corrected chi connectivity index (χ2v) is 4.84. The fourth-order valence-corrected chi connectivity index (χ4v) is 1.89. The van der Waals surface area contributed by atoms with E-state index in [4.69, 9.17) is 9.47 Å². The molecule has 0 bridgehead atoms. The second kappa shape index (κ2) is 8.18. The number of methoxy groups -OCH3 is 1. The van der Waals surface area contributed by atoms with Crippen molar-refractivity contribution in [3.8, 4) is 11.5 Å². The number of hydrazone groups is 1. The molecule has 0 aliphatic carbocycles. The van der Waals surface area contributed by atoms with Gasteiger partial charge in [-0.25, -0.2) is 5.43 Å². The van der Waals surface area contributed by atoms with E-state index in [1.54, 1.807) is 24.3 Å². The zero-order valence-electron chi connectivity index (χ0n) is 13.2. The summed E-state index contributed by atoms with van der Waals surface area (Å²) in [6.07, 6.45) is -3.56. The average molecular weight is 352 g/mol. The van der Waals surface area contributed by atoms with Crippen molar-refractivity contribution < 1.29 is 27.4 Å². The first-order valence-corrected chi connectivity index (χ1v) is 7.15. The van der Waals surface area contributed by atoms with Gasteiger partial charge in [-0.15, -0.1) is 0 Å². The molecule has 2 aromatic carbocycles. The van der Waals surface area contributed by atoms with Crippen molar-refractivity contribution in [2.24, 2.45) is 5.10 Å². The van der Waals surface area contributed by atoms with Crippen LogP contribution in [0.3, 0.4) is 0 Å². The summed E-state index contributed by atoms with van der Waals surface area (Å²) >= 11 is 0. The average Bonchev–Trinajstić information content (AvgIpc) is 2.60. The molecule has 0 aromatic heterocycles. The van der Waals surface area contributed by atoms with E-state index in [0.29, 0.717) is 11.5 Å². The van der Waals surface area contributed by atoms with Gasteiger partial charge in [-0.2, -0.15) is 18.3 Å². The fourth-order valence-electron chi connectivity index (χ4n) is 1.89. The number of carbonyl (C=O) groups excluding carboxylic acids is 1. The van der Waals surface area contributed by atoms with Crippen molar-refractivity contribution in [3.05, 3.63) is 59.7 Å². The number of halogens is 3. The Hall–Kier alpha value is -3.03. The third-order valence-corrected chi connectivity index (χ3v) is 3.09. The van der Waals surface area contributed by atoms with Crippen molar-refractivity contribution in [2.75, 3.05) is 13.7 Å². The van der Waals surface area contributed by atoms with Crippen molar-refractivity contribution >= 4 is 12.1 Å². The minimum atomic E-state index is -4.50. The Kier molecular flexibility index (Phi) is 5.99. The number of amides is 1. The highest BCUT2D eigenvalue weighted by Crippen LogP contribution is 2.31. The van der Waals surface area contributed by atoms with E-state index in [2.05, 4.69) is 10.5 Å². The summed E-state index contributed by atoms with van der Waals surface area (Å²) in [5.41, 5.74) is 1.14. The standard InChI is InChI=1S/C17H15F3N2O3/c1-24-13-6-8-14(9-7-13)25-11-16(23)22-21-10-12-4-2-3-5-15(12)17(18,19)20/h2-10H,11H2,1H3,(H,22,23). The van der Waals surface area contributed by atoms with Crippen LogP contribution in [-0.2, 0) is 11.0 Å². The molecule has 1 N–H and O–H groups in total. The summed E-state index contributed by atoms with van der Waals surface area (Å²) in [4.78, 5) is 11.6. The SMILES string of the molecule is COc1ccc(OCC(=O)NN=Cc2ccccc2C(F)(F)F)cc1. The van der Waals surface area contributed by atoms with Gasteiger partial charge in [0.05, 0.1) is 18.9 Å². The number of rotatable bonds is 6. The monoisotopic (exact) mass is 352 g/mol. The van der Waals surface area contributed by atoms with Crippen molar-refractivity contribution in [2.45, 2.75) is 6.18 Å². The first-order chi connectivity index (χ1) is 11.9. The lowest BCUT2D eigenvalue weighted by Crippen LogP contribution is -2.24. The maximum absolute atomic E-state index is 12.8. The van der Waals surface area contributed by atoms with E-state index in [0.717, 1.165) is 12.3 Å². The molecule has 0 fully saturated rings. The number of nitrogens with one attached hydrogen (secondary N) is 1. The Balaban J connectivity index is 1.88. The maximum atomic E-state index is 12.8. The third kappa shape index (κ3) is 5.52. The van der Waals surface area contributed by atoms with Gasteiger partial charge in [-0.3, -0.25) is 4.79 Å². The minimum Gasteiger partial charge on any atom is -0.497 e. The summed E-state index contributed by atoms with van der Waals surface area (Å²) in [7, 11) is 1.53. The summed E-state index contributed by atoms with van der Waals surface area (Å²) in [5, 5.41) is 3.53. The summed E-state index contributed by atoms with van der Waals surface area (Å²) in [6, 6.07) is 11.5. The second-order valence-electron chi connectivity index (χ2n) is 4.84. The molecule has 132 valence electrons. The van der Waals surface area contributed by atoms with Gasteiger partial charge in [-0.1, -0.05) is 18.2 Å². The van der Waals surface area contributed by atoms with Gasteiger partial charge in [0.2, 0.25) is 0 Å². The van der Waals surface area contributed by atoms with Crippen LogP contribution >= 0.6 is 0 Å². The minimum absolute atomic E-state index is 0.147. The van der Waals surface area contributed by atoms with Gasteiger partial charge >= 0.3 is 6.18 Å². The molecule has 8 heteroatoms. The number of hydrogen-bond acceptors (Lipinski definition) is 4. The van der Waals surface area contributed by atoms with E-state index in [1.807, 2.05) is 0 Å². The van der Waals surface area contributed by atoms with Crippen LogP contribution in [0.4, 0.5) is 13.2 Å². The Morgan fingerprint density at radius 1 is 1.12 bits per heavy atom. The van der Waals surface area contributed by atoms with Gasteiger partial charge in [-0.05, 0) is 30.3 Å². The molecule has 0 radical (unpaired) electrons. The lowest BCUT2D eigenvalue weighted by atomic mass is 10.1. The van der Waals surface area contributed by atoms with Gasteiger partial charge in [0.1, 0.15) is 11.5 Å². The van der Waals surface area contributed by atoms with Crippen molar-refractivity contribution in [1.29, 1.82) is 0 Å². The zero-order valence-corrected chi connectivity index (χ0v) is 13.2. The summed E-state index contributed by atoms with van der Waals surface area (Å²) < 4.78 is 48.7. The lowest BCUT2D eigenvalue weighted by molar-refractivity contribution is -0.137. The topological polar surface area (TPSA) is 59.9 Å². The number of nitrogens with zero attached hydrogens (tertiary/aromatic N) is 1. The molecule has 0 atom stereocenters. The third-order valence-electron chi connectivity index (χ3n) is 3.09. The van der Waals surface area contributed by atoms with E-state index < -0.39 is 17.6 Å². The molecule has 0 unspecified atom stereocenters. The molecule has 5 nitrogen and oxygen atoms in total. The molecule has 0 aliphatic rings. The van der Waals surface area contributed by atoms with Gasteiger partial charge < -0.3 is 9.47 Å². The van der Waals surface area contributed by atoms with Crippen LogP contribution in [0.2, 0.25) is 0 Å². The fraction of sp³-hybridized carbons (Fsp3) is 0.176. The molecule has 2 rings (SSSR count). The highest BCUT2D eigenvalue weighted by molar-refractivity contribution is 5.84. The number of carbonyl (C=O) groups is 1. The largest absolute Gasteiger partial charge is 0.497 e. The van der Waals surface area contributed by atoms with Crippen molar-refractivity contribution in [3.63, 3.8) is 0 Å².